The van der Waals surface area contributed by atoms with Crippen LogP contribution < -0.4 is 5.32 Å². The van der Waals surface area contributed by atoms with E-state index in [-0.39, 0.29) is 0 Å². The lowest BCUT2D eigenvalue weighted by Gasteiger charge is -2.14. The van der Waals surface area contributed by atoms with Gasteiger partial charge in [0.15, 0.2) is 11.6 Å². The third kappa shape index (κ3) is 3.46. The zero-order valence-corrected chi connectivity index (χ0v) is 9.56. The second-order valence-corrected chi connectivity index (χ2v) is 3.65. The van der Waals surface area contributed by atoms with E-state index in [0.717, 1.165) is 0 Å². The fourth-order valence-electron chi connectivity index (χ4n) is 1.32. The highest BCUT2D eigenvalue weighted by atomic mass is 19.2. The van der Waals surface area contributed by atoms with Crippen LogP contribution >= 0.6 is 0 Å². The van der Waals surface area contributed by atoms with Crippen LogP contribution in [-0.4, -0.2) is 46.5 Å². The van der Waals surface area contributed by atoms with Crippen molar-refractivity contribution in [2.75, 3.05) is 13.2 Å². The van der Waals surface area contributed by atoms with Crippen molar-refractivity contribution in [2.24, 2.45) is 0 Å². The van der Waals surface area contributed by atoms with Gasteiger partial charge in [0.2, 0.25) is 0 Å². The SMILES string of the molecule is O=C(O)c1cc(F)c(F)cc1C(=O)NC(CO)CO. The summed E-state index contributed by atoms with van der Waals surface area (Å²) in [5.41, 5.74) is -1.32. The third-order valence-electron chi connectivity index (χ3n) is 2.31. The highest BCUT2D eigenvalue weighted by Crippen LogP contribution is 2.15. The van der Waals surface area contributed by atoms with E-state index in [9.17, 15) is 18.4 Å². The molecule has 0 atom stereocenters. The van der Waals surface area contributed by atoms with E-state index < -0.39 is 53.9 Å². The molecular formula is C11H11F2NO5. The fraction of sp³-hybridized carbons (Fsp3) is 0.273. The predicted molar refractivity (Wildman–Crippen MR) is 58.7 cm³/mol. The number of aliphatic hydroxyl groups is 2. The standard InChI is InChI=1S/C11H11F2NO5/c12-8-1-6(7(11(18)19)2-9(8)13)10(17)14-5(3-15)4-16/h1-2,5,15-16H,3-4H2,(H,14,17)(H,18,19). The van der Waals surface area contributed by atoms with E-state index in [2.05, 4.69) is 5.32 Å². The lowest BCUT2D eigenvalue weighted by Crippen LogP contribution is -2.40. The minimum absolute atomic E-state index is 0.388. The van der Waals surface area contributed by atoms with E-state index in [0.29, 0.717) is 12.1 Å². The second-order valence-electron chi connectivity index (χ2n) is 3.65. The molecule has 0 aliphatic carbocycles. The van der Waals surface area contributed by atoms with Gasteiger partial charge in [-0.05, 0) is 12.1 Å². The summed E-state index contributed by atoms with van der Waals surface area (Å²) in [6, 6.07) is -0.193. The normalized spacial score (nSPS) is 10.6. The molecule has 1 aromatic rings. The van der Waals surface area contributed by atoms with Crippen LogP contribution in [0.4, 0.5) is 8.78 Å². The summed E-state index contributed by atoms with van der Waals surface area (Å²) in [5, 5.41) is 28.4. The number of rotatable bonds is 5. The first-order chi connectivity index (χ1) is 8.90. The van der Waals surface area contributed by atoms with Gasteiger partial charge in [0.05, 0.1) is 30.4 Å². The molecule has 0 heterocycles. The van der Waals surface area contributed by atoms with Gasteiger partial charge in [-0.2, -0.15) is 0 Å². The Morgan fingerprint density at radius 1 is 1.11 bits per heavy atom. The van der Waals surface area contributed by atoms with Crippen molar-refractivity contribution >= 4 is 11.9 Å². The molecule has 0 bridgehead atoms. The molecule has 4 N–H and O–H groups in total. The second kappa shape index (κ2) is 6.21. The summed E-state index contributed by atoms with van der Waals surface area (Å²) in [7, 11) is 0. The number of benzene rings is 1. The van der Waals surface area contributed by atoms with Crippen LogP contribution in [0.15, 0.2) is 12.1 Å². The number of hydrogen-bond donors (Lipinski definition) is 4. The van der Waals surface area contributed by atoms with Gasteiger partial charge in [-0.3, -0.25) is 4.79 Å². The van der Waals surface area contributed by atoms with Crippen LogP contribution in [0.1, 0.15) is 20.7 Å². The van der Waals surface area contributed by atoms with Crippen molar-refractivity contribution in [1.29, 1.82) is 0 Å². The lowest BCUT2D eigenvalue weighted by atomic mass is 10.1. The molecule has 0 radical (unpaired) electrons. The molecule has 6 nitrogen and oxygen atoms in total. The molecule has 0 aliphatic rings. The molecule has 1 rings (SSSR count). The molecule has 19 heavy (non-hydrogen) atoms. The molecular weight excluding hydrogens is 264 g/mol. The van der Waals surface area contributed by atoms with Gasteiger partial charge in [-0.15, -0.1) is 0 Å². The zero-order chi connectivity index (χ0) is 14.6. The molecule has 1 amide bonds. The van der Waals surface area contributed by atoms with E-state index in [1.165, 1.54) is 0 Å². The smallest absolute Gasteiger partial charge is 0.336 e. The van der Waals surface area contributed by atoms with Gasteiger partial charge in [0, 0.05) is 0 Å². The fourth-order valence-corrected chi connectivity index (χ4v) is 1.32. The molecule has 0 saturated carbocycles. The molecule has 0 unspecified atom stereocenters. The number of carbonyl (C=O) groups excluding carboxylic acids is 1. The maximum atomic E-state index is 13.0. The monoisotopic (exact) mass is 275 g/mol. The Kier molecular flexibility index (Phi) is 4.90. The number of carbonyl (C=O) groups is 2. The van der Waals surface area contributed by atoms with Crippen LogP contribution in [0, 0.1) is 11.6 Å². The van der Waals surface area contributed by atoms with Gasteiger partial charge in [-0.25, -0.2) is 13.6 Å². The maximum absolute atomic E-state index is 13.0. The topological polar surface area (TPSA) is 107 Å². The zero-order valence-electron chi connectivity index (χ0n) is 9.56. The molecule has 0 spiro atoms. The number of hydrogen-bond acceptors (Lipinski definition) is 4. The van der Waals surface area contributed by atoms with Crippen LogP contribution in [-0.2, 0) is 0 Å². The maximum Gasteiger partial charge on any atom is 0.336 e. The third-order valence-corrected chi connectivity index (χ3v) is 2.31. The summed E-state index contributed by atoms with van der Waals surface area (Å²) in [6.45, 7) is -1.18. The Labute approximate surface area is 106 Å². The highest BCUT2D eigenvalue weighted by molar-refractivity contribution is 6.04. The molecule has 0 aromatic heterocycles. The van der Waals surface area contributed by atoms with Crippen molar-refractivity contribution in [1.82, 2.24) is 5.32 Å². The molecule has 0 saturated heterocycles. The molecule has 104 valence electrons. The van der Waals surface area contributed by atoms with Gasteiger partial charge in [-0.1, -0.05) is 0 Å². The van der Waals surface area contributed by atoms with Crippen LogP contribution in [0.5, 0.6) is 0 Å². The van der Waals surface area contributed by atoms with Crippen molar-refractivity contribution in [3.63, 3.8) is 0 Å². The molecule has 1 aromatic carbocycles. The molecule has 0 aliphatic heterocycles. The Balaban J connectivity index is 3.14. The molecule has 8 heteroatoms. The van der Waals surface area contributed by atoms with E-state index >= 15 is 0 Å². The average Bonchev–Trinajstić information content (AvgIpc) is 2.37. The highest BCUT2D eigenvalue weighted by Gasteiger charge is 2.22. The number of aliphatic hydroxyl groups excluding tert-OH is 2. The molecule has 0 fully saturated rings. The first-order valence-electron chi connectivity index (χ1n) is 5.15. The first kappa shape index (κ1) is 15.0. The van der Waals surface area contributed by atoms with Gasteiger partial charge in [0.25, 0.3) is 5.91 Å². The summed E-state index contributed by atoms with van der Waals surface area (Å²) in [5.74, 6) is -5.41. The van der Waals surface area contributed by atoms with Crippen LogP contribution in [0.3, 0.4) is 0 Å². The predicted octanol–water partition coefficient (Wildman–Crippen LogP) is -0.254. The Morgan fingerprint density at radius 2 is 1.58 bits per heavy atom. The van der Waals surface area contributed by atoms with E-state index in [4.69, 9.17) is 15.3 Å². The van der Waals surface area contributed by atoms with E-state index in [1.807, 2.05) is 0 Å². The minimum Gasteiger partial charge on any atom is -0.478 e. The Morgan fingerprint density at radius 3 is 2.00 bits per heavy atom. The minimum atomic E-state index is -1.60. The van der Waals surface area contributed by atoms with Crippen LogP contribution in [0.2, 0.25) is 0 Å². The quantitative estimate of drug-likeness (QED) is 0.592. The van der Waals surface area contributed by atoms with Gasteiger partial charge >= 0.3 is 5.97 Å². The summed E-state index contributed by atoms with van der Waals surface area (Å²) in [6.07, 6.45) is 0. The van der Waals surface area contributed by atoms with Crippen molar-refractivity contribution in [2.45, 2.75) is 6.04 Å². The number of carboxylic acid groups (broad SMARTS) is 1. The summed E-state index contributed by atoms with van der Waals surface area (Å²) < 4.78 is 26.0. The van der Waals surface area contributed by atoms with Crippen molar-refractivity contribution in [3.8, 4) is 0 Å². The Bertz CT molecular complexity index is 502. The van der Waals surface area contributed by atoms with Crippen molar-refractivity contribution in [3.05, 3.63) is 34.9 Å². The number of halogens is 2. The average molecular weight is 275 g/mol. The summed E-state index contributed by atoms with van der Waals surface area (Å²) in [4.78, 5) is 22.5. The van der Waals surface area contributed by atoms with Gasteiger partial charge in [0.1, 0.15) is 0 Å². The largest absolute Gasteiger partial charge is 0.478 e. The number of aromatic carboxylic acids is 1. The first-order valence-corrected chi connectivity index (χ1v) is 5.15. The van der Waals surface area contributed by atoms with E-state index in [1.54, 1.807) is 0 Å². The summed E-state index contributed by atoms with van der Waals surface area (Å²) >= 11 is 0. The Hall–Kier alpha value is -2.06. The number of nitrogens with one attached hydrogen (secondary N) is 1. The number of amides is 1. The van der Waals surface area contributed by atoms with Crippen LogP contribution in [0.25, 0.3) is 0 Å². The lowest BCUT2D eigenvalue weighted by molar-refractivity contribution is 0.0688. The van der Waals surface area contributed by atoms with Gasteiger partial charge < -0.3 is 20.6 Å². The van der Waals surface area contributed by atoms with Crippen molar-refractivity contribution < 1.29 is 33.7 Å². The number of carboxylic acids is 1.